The van der Waals surface area contributed by atoms with Crippen LogP contribution in [0, 0.1) is 5.92 Å². The second kappa shape index (κ2) is 9.33. The van der Waals surface area contributed by atoms with Gasteiger partial charge in [0.25, 0.3) is 5.91 Å². The van der Waals surface area contributed by atoms with Crippen LogP contribution in [0.1, 0.15) is 44.5 Å². The molecular formula is C21H23Cl2F3N4O2. The molecule has 11 heteroatoms. The lowest BCUT2D eigenvalue weighted by atomic mass is 9.93. The summed E-state index contributed by atoms with van der Waals surface area (Å²) >= 11 is 12.2. The van der Waals surface area contributed by atoms with Crippen LogP contribution in [-0.4, -0.2) is 33.4 Å². The summed E-state index contributed by atoms with van der Waals surface area (Å²) < 4.78 is 41.2. The number of nitrogens with one attached hydrogen (secondary N) is 2. The highest BCUT2D eigenvalue weighted by Crippen LogP contribution is 2.40. The summed E-state index contributed by atoms with van der Waals surface area (Å²) in [5.74, 6) is -0.454. The van der Waals surface area contributed by atoms with E-state index in [4.69, 9.17) is 23.2 Å². The number of aliphatic hydroxyl groups excluding tert-OH is 1. The number of hydrogen-bond acceptors (Lipinski definition) is 4. The minimum absolute atomic E-state index is 0.0121. The van der Waals surface area contributed by atoms with Gasteiger partial charge in [-0.3, -0.25) is 4.79 Å². The first kappa shape index (κ1) is 24.4. The van der Waals surface area contributed by atoms with E-state index in [0.717, 1.165) is 17.2 Å². The number of anilines is 1. The number of benzene rings is 1. The number of carbonyl (C=O) groups excluding carboxylic acids is 1. The molecule has 3 atom stereocenters. The lowest BCUT2D eigenvalue weighted by Crippen LogP contribution is -2.45. The molecule has 1 aliphatic heterocycles. The zero-order valence-corrected chi connectivity index (χ0v) is 19.1. The van der Waals surface area contributed by atoms with E-state index < -0.39 is 29.9 Å². The molecule has 0 saturated heterocycles. The molecular weight excluding hydrogens is 468 g/mol. The van der Waals surface area contributed by atoms with E-state index in [1.54, 1.807) is 13.0 Å². The smallest absolute Gasteiger partial charge is 0.394 e. The number of nitrogens with zero attached hydrogens (tertiary/aromatic N) is 2. The zero-order chi connectivity index (χ0) is 23.8. The molecule has 2 heterocycles. The molecule has 0 radical (unpaired) electrons. The molecule has 3 rings (SSSR count). The van der Waals surface area contributed by atoms with Crippen molar-refractivity contribution in [1.82, 2.24) is 15.1 Å². The standard InChI is InChI=1S/C21H23Cl2F3N4O2/c1-4-10(2)15(9-31)28-20(32)18-11(3)27-17-8-16(21(24,25)26)29-30(17)19(18)12-5-6-13(22)14(23)7-12/h5-8,10,15,19,27,31H,4,9H2,1-3H3,(H,28,32). The molecule has 3 unspecified atom stereocenters. The topological polar surface area (TPSA) is 79.2 Å². The third kappa shape index (κ3) is 4.74. The largest absolute Gasteiger partial charge is 0.435 e. The lowest BCUT2D eigenvalue weighted by Gasteiger charge is -2.31. The van der Waals surface area contributed by atoms with Crippen LogP contribution < -0.4 is 10.6 Å². The Kier molecular flexibility index (Phi) is 7.12. The summed E-state index contributed by atoms with van der Waals surface area (Å²) in [6, 6.07) is 3.97. The Labute approximate surface area is 193 Å². The van der Waals surface area contributed by atoms with Crippen molar-refractivity contribution in [3.05, 3.63) is 56.8 Å². The molecule has 0 spiro atoms. The molecule has 1 amide bonds. The first-order valence-electron chi connectivity index (χ1n) is 9.99. The Hall–Kier alpha value is -2.23. The summed E-state index contributed by atoms with van der Waals surface area (Å²) in [6.07, 6.45) is -3.95. The van der Waals surface area contributed by atoms with Gasteiger partial charge in [-0.25, -0.2) is 4.68 Å². The molecule has 0 aliphatic carbocycles. The van der Waals surface area contributed by atoms with Crippen LogP contribution in [-0.2, 0) is 11.0 Å². The number of allylic oxidation sites excluding steroid dienone is 1. The number of carbonyl (C=O) groups is 1. The van der Waals surface area contributed by atoms with E-state index in [0.29, 0.717) is 11.3 Å². The van der Waals surface area contributed by atoms with E-state index in [9.17, 15) is 23.1 Å². The van der Waals surface area contributed by atoms with Crippen molar-refractivity contribution in [3.8, 4) is 0 Å². The van der Waals surface area contributed by atoms with Gasteiger partial charge in [-0.15, -0.1) is 0 Å². The third-order valence-corrected chi connectivity index (χ3v) is 6.35. The molecule has 2 aromatic rings. The average molecular weight is 491 g/mol. The van der Waals surface area contributed by atoms with Gasteiger partial charge in [-0.1, -0.05) is 49.5 Å². The fraction of sp³-hybridized carbons (Fsp3) is 0.429. The first-order valence-corrected chi connectivity index (χ1v) is 10.7. The fourth-order valence-corrected chi connectivity index (χ4v) is 3.90. The lowest BCUT2D eigenvalue weighted by molar-refractivity contribution is -0.141. The summed E-state index contributed by atoms with van der Waals surface area (Å²) in [6.45, 7) is 5.14. The maximum absolute atomic E-state index is 13.4. The van der Waals surface area contributed by atoms with E-state index in [1.165, 1.54) is 12.1 Å². The zero-order valence-electron chi connectivity index (χ0n) is 17.6. The highest BCUT2D eigenvalue weighted by molar-refractivity contribution is 6.42. The van der Waals surface area contributed by atoms with Crippen molar-refractivity contribution in [2.45, 2.75) is 45.5 Å². The number of amides is 1. The van der Waals surface area contributed by atoms with Crippen molar-refractivity contribution in [2.24, 2.45) is 5.92 Å². The second-order valence-electron chi connectivity index (χ2n) is 7.74. The number of rotatable bonds is 6. The average Bonchev–Trinajstić information content (AvgIpc) is 3.16. The van der Waals surface area contributed by atoms with Gasteiger partial charge in [0.15, 0.2) is 5.69 Å². The van der Waals surface area contributed by atoms with Crippen molar-refractivity contribution >= 4 is 34.9 Å². The quantitative estimate of drug-likeness (QED) is 0.531. The van der Waals surface area contributed by atoms with Gasteiger partial charge in [-0.2, -0.15) is 18.3 Å². The van der Waals surface area contributed by atoms with E-state index in [2.05, 4.69) is 15.7 Å². The van der Waals surface area contributed by atoms with Crippen molar-refractivity contribution < 1.29 is 23.1 Å². The van der Waals surface area contributed by atoms with Crippen LogP contribution in [0.15, 0.2) is 35.5 Å². The minimum atomic E-state index is -4.66. The summed E-state index contributed by atoms with van der Waals surface area (Å²) in [4.78, 5) is 13.3. The Morgan fingerprint density at radius 3 is 2.56 bits per heavy atom. The summed E-state index contributed by atoms with van der Waals surface area (Å²) in [7, 11) is 0. The summed E-state index contributed by atoms with van der Waals surface area (Å²) in [5.41, 5.74) is -0.130. The van der Waals surface area contributed by atoms with E-state index in [1.807, 2.05) is 13.8 Å². The second-order valence-corrected chi connectivity index (χ2v) is 8.56. The number of hydrogen-bond donors (Lipinski definition) is 3. The van der Waals surface area contributed by atoms with Crippen LogP contribution in [0.5, 0.6) is 0 Å². The SMILES string of the molecule is CCC(C)C(CO)NC(=O)C1=C(C)Nc2cc(C(F)(F)F)nn2C1c1ccc(Cl)c(Cl)c1. The number of aliphatic hydroxyl groups is 1. The predicted octanol–water partition coefficient (Wildman–Crippen LogP) is 5.02. The van der Waals surface area contributed by atoms with Gasteiger partial charge in [0.2, 0.25) is 0 Å². The normalized spacial score (nSPS) is 18.1. The van der Waals surface area contributed by atoms with Crippen LogP contribution in [0.25, 0.3) is 0 Å². The van der Waals surface area contributed by atoms with Crippen LogP contribution in [0.4, 0.5) is 19.0 Å². The first-order chi connectivity index (χ1) is 15.0. The van der Waals surface area contributed by atoms with Crippen LogP contribution in [0.2, 0.25) is 10.0 Å². The number of alkyl halides is 3. The predicted molar refractivity (Wildman–Crippen MR) is 117 cm³/mol. The van der Waals surface area contributed by atoms with Crippen molar-refractivity contribution in [2.75, 3.05) is 11.9 Å². The highest BCUT2D eigenvalue weighted by Gasteiger charge is 2.40. The Morgan fingerprint density at radius 1 is 1.31 bits per heavy atom. The molecule has 0 saturated carbocycles. The maximum atomic E-state index is 13.4. The Morgan fingerprint density at radius 2 is 2.00 bits per heavy atom. The minimum Gasteiger partial charge on any atom is -0.394 e. The number of fused-ring (bicyclic) bond motifs is 1. The molecule has 1 aromatic carbocycles. The molecule has 0 fully saturated rings. The third-order valence-electron chi connectivity index (χ3n) is 5.61. The fourth-order valence-electron chi connectivity index (χ4n) is 3.59. The van der Waals surface area contributed by atoms with Gasteiger partial charge < -0.3 is 15.7 Å². The van der Waals surface area contributed by atoms with E-state index >= 15 is 0 Å². The van der Waals surface area contributed by atoms with E-state index in [-0.39, 0.29) is 34.0 Å². The monoisotopic (exact) mass is 490 g/mol. The van der Waals surface area contributed by atoms with Gasteiger partial charge >= 0.3 is 6.18 Å². The molecule has 1 aliphatic rings. The van der Waals surface area contributed by atoms with Crippen molar-refractivity contribution in [3.63, 3.8) is 0 Å². The van der Waals surface area contributed by atoms with Gasteiger partial charge in [-0.05, 0) is 30.5 Å². The van der Waals surface area contributed by atoms with Gasteiger partial charge in [0.1, 0.15) is 11.9 Å². The molecule has 174 valence electrons. The molecule has 0 bridgehead atoms. The van der Waals surface area contributed by atoms with Gasteiger partial charge in [0.05, 0.1) is 28.3 Å². The summed E-state index contributed by atoms with van der Waals surface area (Å²) in [5, 5.41) is 19.6. The molecule has 32 heavy (non-hydrogen) atoms. The van der Waals surface area contributed by atoms with Crippen LogP contribution in [0.3, 0.4) is 0 Å². The number of aromatic nitrogens is 2. The highest BCUT2D eigenvalue weighted by atomic mass is 35.5. The maximum Gasteiger partial charge on any atom is 0.435 e. The Balaban J connectivity index is 2.12. The van der Waals surface area contributed by atoms with Crippen LogP contribution >= 0.6 is 23.2 Å². The molecule has 3 N–H and O–H groups in total. The molecule has 6 nitrogen and oxygen atoms in total. The van der Waals surface area contributed by atoms with Crippen molar-refractivity contribution in [1.29, 1.82) is 0 Å². The molecule has 1 aromatic heterocycles. The number of halogens is 5. The Bertz CT molecular complexity index is 1050. The van der Waals surface area contributed by atoms with Gasteiger partial charge in [0, 0.05) is 11.8 Å².